The average Bonchev–Trinajstić information content (AvgIpc) is 3.06. The minimum absolute atomic E-state index is 0.0249. The van der Waals surface area contributed by atoms with Crippen LogP contribution in [0.5, 0.6) is 0 Å². The molecule has 0 spiro atoms. The number of carbonyl (C=O) groups is 2. The Morgan fingerprint density at radius 1 is 1.41 bits per heavy atom. The minimum Gasteiger partial charge on any atom is -0.462 e. The van der Waals surface area contributed by atoms with Gasteiger partial charge in [0.2, 0.25) is 5.91 Å². The number of hydrogen-bond acceptors (Lipinski definition) is 5. The van der Waals surface area contributed by atoms with Crippen molar-refractivity contribution in [2.75, 3.05) is 25.0 Å². The van der Waals surface area contributed by atoms with Crippen molar-refractivity contribution in [2.45, 2.75) is 40.0 Å². The Balaban J connectivity index is 2.14. The van der Waals surface area contributed by atoms with Crippen LogP contribution in [0.2, 0.25) is 0 Å². The first-order valence-electron chi connectivity index (χ1n) is 7.86. The van der Waals surface area contributed by atoms with E-state index in [1.165, 1.54) is 11.3 Å². The zero-order valence-electron chi connectivity index (χ0n) is 13.5. The first-order valence-corrected chi connectivity index (χ1v) is 8.68. The molecule has 0 bridgehead atoms. The molecule has 0 saturated carbocycles. The molecule has 2 rings (SSSR count). The summed E-state index contributed by atoms with van der Waals surface area (Å²) in [5.74, 6) is 0.0161. The summed E-state index contributed by atoms with van der Waals surface area (Å²) in [6.07, 6.45) is 2.27. The molecular formula is C16H24N2O3S. The van der Waals surface area contributed by atoms with Crippen LogP contribution in [0.1, 0.15) is 47.5 Å². The highest BCUT2D eigenvalue weighted by Crippen LogP contribution is 2.34. The summed E-state index contributed by atoms with van der Waals surface area (Å²) in [7, 11) is 0. The third kappa shape index (κ3) is 3.87. The lowest BCUT2D eigenvalue weighted by atomic mass is 10.0. The van der Waals surface area contributed by atoms with Gasteiger partial charge >= 0.3 is 5.97 Å². The topological polar surface area (TPSA) is 67.4 Å². The summed E-state index contributed by atoms with van der Waals surface area (Å²) in [6.45, 7) is 7.97. The van der Waals surface area contributed by atoms with Gasteiger partial charge in [-0.25, -0.2) is 4.79 Å². The second kappa shape index (κ2) is 7.74. The number of ether oxygens (including phenoxy) is 1. The SMILES string of the molecule is CCOC(=O)c1c(NC(=O)CC2CCNC2)sc(C)c1CC. The zero-order chi connectivity index (χ0) is 16.1. The number of hydrogen-bond donors (Lipinski definition) is 2. The lowest BCUT2D eigenvalue weighted by Crippen LogP contribution is -2.19. The molecule has 122 valence electrons. The number of rotatable bonds is 6. The van der Waals surface area contributed by atoms with Crippen LogP contribution < -0.4 is 10.6 Å². The number of nitrogens with one attached hydrogen (secondary N) is 2. The molecule has 5 nitrogen and oxygen atoms in total. The average molecular weight is 324 g/mol. The lowest BCUT2D eigenvalue weighted by molar-refractivity contribution is -0.116. The van der Waals surface area contributed by atoms with E-state index in [9.17, 15) is 9.59 Å². The van der Waals surface area contributed by atoms with E-state index >= 15 is 0 Å². The fraction of sp³-hybridized carbons (Fsp3) is 0.625. The molecule has 1 amide bonds. The van der Waals surface area contributed by atoms with E-state index < -0.39 is 0 Å². The third-order valence-electron chi connectivity index (χ3n) is 3.93. The van der Waals surface area contributed by atoms with Gasteiger partial charge in [0.15, 0.2) is 0 Å². The van der Waals surface area contributed by atoms with Crippen LogP contribution in [0.4, 0.5) is 5.00 Å². The summed E-state index contributed by atoms with van der Waals surface area (Å²) < 4.78 is 5.15. The van der Waals surface area contributed by atoms with Crippen LogP contribution in [-0.4, -0.2) is 31.6 Å². The van der Waals surface area contributed by atoms with Crippen molar-refractivity contribution in [3.63, 3.8) is 0 Å². The Labute approximate surface area is 135 Å². The highest BCUT2D eigenvalue weighted by Gasteiger charge is 2.24. The van der Waals surface area contributed by atoms with Gasteiger partial charge in [-0.3, -0.25) is 4.79 Å². The molecule has 22 heavy (non-hydrogen) atoms. The summed E-state index contributed by atoms with van der Waals surface area (Å²) in [4.78, 5) is 25.5. The van der Waals surface area contributed by atoms with Crippen molar-refractivity contribution in [3.05, 3.63) is 16.0 Å². The Hall–Kier alpha value is -1.40. The minimum atomic E-state index is -0.346. The Kier molecular flexibility index (Phi) is 5.97. The molecule has 6 heteroatoms. The molecular weight excluding hydrogens is 300 g/mol. The van der Waals surface area contributed by atoms with Crippen LogP contribution in [0, 0.1) is 12.8 Å². The molecule has 0 aliphatic carbocycles. The zero-order valence-corrected chi connectivity index (χ0v) is 14.3. The van der Waals surface area contributed by atoms with Gasteiger partial charge in [0.1, 0.15) is 5.00 Å². The number of aryl methyl sites for hydroxylation is 1. The molecule has 1 aliphatic heterocycles. The lowest BCUT2D eigenvalue weighted by Gasteiger charge is -2.10. The molecule has 2 N–H and O–H groups in total. The van der Waals surface area contributed by atoms with Crippen molar-refractivity contribution >= 4 is 28.2 Å². The predicted octanol–water partition coefficient (Wildman–Crippen LogP) is 2.73. The van der Waals surface area contributed by atoms with Gasteiger partial charge in [-0.1, -0.05) is 6.92 Å². The fourth-order valence-electron chi connectivity index (χ4n) is 2.84. The quantitative estimate of drug-likeness (QED) is 0.790. The second-order valence-corrected chi connectivity index (χ2v) is 6.75. The van der Waals surface area contributed by atoms with Crippen molar-refractivity contribution in [3.8, 4) is 0 Å². The van der Waals surface area contributed by atoms with E-state index in [0.29, 0.717) is 29.5 Å². The second-order valence-electron chi connectivity index (χ2n) is 5.53. The normalized spacial score (nSPS) is 17.5. The maximum Gasteiger partial charge on any atom is 0.341 e. The van der Waals surface area contributed by atoms with E-state index in [-0.39, 0.29) is 11.9 Å². The van der Waals surface area contributed by atoms with Gasteiger partial charge in [0, 0.05) is 11.3 Å². The molecule has 1 aliphatic rings. The Bertz CT molecular complexity index is 548. The summed E-state index contributed by atoms with van der Waals surface area (Å²) in [5, 5.41) is 6.81. The Morgan fingerprint density at radius 2 is 2.18 bits per heavy atom. The number of esters is 1. The molecule has 1 unspecified atom stereocenters. The van der Waals surface area contributed by atoms with Crippen molar-refractivity contribution < 1.29 is 14.3 Å². The van der Waals surface area contributed by atoms with E-state index in [0.717, 1.165) is 36.4 Å². The fourth-order valence-corrected chi connectivity index (χ4v) is 3.99. The van der Waals surface area contributed by atoms with E-state index in [2.05, 4.69) is 10.6 Å². The third-order valence-corrected chi connectivity index (χ3v) is 4.99. The predicted molar refractivity (Wildman–Crippen MR) is 88.6 cm³/mol. The van der Waals surface area contributed by atoms with Crippen molar-refractivity contribution in [1.82, 2.24) is 5.32 Å². The van der Waals surface area contributed by atoms with Crippen LogP contribution in [0.3, 0.4) is 0 Å². The van der Waals surface area contributed by atoms with Gasteiger partial charge in [-0.15, -0.1) is 11.3 Å². The number of anilines is 1. The Morgan fingerprint density at radius 3 is 2.77 bits per heavy atom. The molecule has 2 heterocycles. The standard InChI is InChI=1S/C16H24N2O3S/c1-4-12-10(3)22-15(14(12)16(20)21-5-2)18-13(19)8-11-6-7-17-9-11/h11,17H,4-9H2,1-3H3,(H,18,19). The summed E-state index contributed by atoms with van der Waals surface area (Å²) >= 11 is 1.46. The molecule has 0 radical (unpaired) electrons. The van der Waals surface area contributed by atoms with Gasteiger partial charge in [-0.05, 0) is 51.3 Å². The van der Waals surface area contributed by atoms with Gasteiger partial charge < -0.3 is 15.4 Å². The van der Waals surface area contributed by atoms with Gasteiger partial charge in [0.25, 0.3) is 0 Å². The first kappa shape index (κ1) is 17.0. The number of thiophene rings is 1. The van der Waals surface area contributed by atoms with Crippen molar-refractivity contribution in [1.29, 1.82) is 0 Å². The molecule has 1 aromatic heterocycles. The van der Waals surface area contributed by atoms with Crippen LogP contribution in [0.15, 0.2) is 0 Å². The maximum atomic E-state index is 12.2. The van der Waals surface area contributed by atoms with Crippen LogP contribution in [0.25, 0.3) is 0 Å². The molecule has 1 aromatic rings. The molecule has 1 saturated heterocycles. The smallest absolute Gasteiger partial charge is 0.341 e. The monoisotopic (exact) mass is 324 g/mol. The summed E-state index contributed by atoms with van der Waals surface area (Å²) in [5.41, 5.74) is 1.51. The molecule has 1 fully saturated rings. The highest BCUT2D eigenvalue weighted by molar-refractivity contribution is 7.16. The van der Waals surface area contributed by atoms with E-state index in [1.54, 1.807) is 6.92 Å². The van der Waals surface area contributed by atoms with Crippen LogP contribution >= 0.6 is 11.3 Å². The van der Waals surface area contributed by atoms with E-state index in [1.807, 2.05) is 13.8 Å². The largest absolute Gasteiger partial charge is 0.462 e. The van der Waals surface area contributed by atoms with Gasteiger partial charge in [0.05, 0.1) is 12.2 Å². The first-order chi connectivity index (χ1) is 10.6. The summed E-state index contributed by atoms with van der Waals surface area (Å²) in [6, 6.07) is 0. The molecule has 1 atom stereocenters. The van der Waals surface area contributed by atoms with E-state index in [4.69, 9.17) is 4.74 Å². The maximum absolute atomic E-state index is 12.2. The van der Waals surface area contributed by atoms with Crippen LogP contribution in [-0.2, 0) is 16.0 Å². The highest BCUT2D eigenvalue weighted by atomic mass is 32.1. The number of amides is 1. The molecule has 0 aromatic carbocycles. The van der Waals surface area contributed by atoms with Gasteiger partial charge in [-0.2, -0.15) is 0 Å². The number of carbonyl (C=O) groups excluding carboxylic acids is 2. The van der Waals surface area contributed by atoms with Crippen molar-refractivity contribution in [2.24, 2.45) is 5.92 Å².